The van der Waals surface area contributed by atoms with Crippen LogP contribution in [-0.4, -0.2) is 35.1 Å². The molecule has 1 fully saturated rings. The summed E-state index contributed by atoms with van der Waals surface area (Å²) in [5.41, 5.74) is 1.51. The van der Waals surface area contributed by atoms with Crippen molar-refractivity contribution >= 4 is 5.91 Å². The second-order valence-corrected chi connectivity index (χ2v) is 5.43. The molecule has 1 aromatic heterocycles. The van der Waals surface area contributed by atoms with E-state index in [0.717, 1.165) is 42.8 Å². The SMILES string of the molecule is CCC1(C(=O)N(C)Cc2c(C)noc2C)CCCN1. The zero-order valence-corrected chi connectivity index (χ0v) is 12.2. The van der Waals surface area contributed by atoms with Gasteiger partial charge < -0.3 is 14.7 Å². The van der Waals surface area contributed by atoms with E-state index in [2.05, 4.69) is 17.4 Å². The van der Waals surface area contributed by atoms with Gasteiger partial charge >= 0.3 is 0 Å². The Bertz CT molecular complexity index is 442. The van der Waals surface area contributed by atoms with Crippen LogP contribution in [0.25, 0.3) is 0 Å². The minimum atomic E-state index is -0.367. The Morgan fingerprint density at radius 2 is 2.26 bits per heavy atom. The average Bonchev–Trinajstić information content (AvgIpc) is 3.00. The molecule has 1 aliphatic heterocycles. The molecule has 1 amide bonds. The minimum absolute atomic E-state index is 0.174. The van der Waals surface area contributed by atoms with E-state index in [1.807, 2.05) is 20.9 Å². The number of amides is 1. The van der Waals surface area contributed by atoms with Crippen LogP contribution in [0.3, 0.4) is 0 Å². The molecule has 1 aromatic rings. The highest BCUT2D eigenvalue weighted by atomic mass is 16.5. The fourth-order valence-electron chi connectivity index (χ4n) is 2.84. The minimum Gasteiger partial charge on any atom is -0.361 e. The van der Waals surface area contributed by atoms with Crippen LogP contribution in [0, 0.1) is 13.8 Å². The third-order valence-corrected chi connectivity index (χ3v) is 4.18. The van der Waals surface area contributed by atoms with Gasteiger partial charge in [0, 0.05) is 12.6 Å². The molecule has 0 radical (unpaired) electrons. The second kappa shape index (κ2) is 5.33. The molecule has 1 atom stereocenters. The maximum atomic E-state index is 12.7. The van der Waals surface area contributed by atoms with Gasteiger partial charge in [0.2, 0.25) is 5.91 Å². The Hall–Kier alpha value is -1.36. The van der Waals surface area contributed by atoms with Crippen molar-refractivity contribution in [2.24, 2.45) is 0 Å². The van der Waals surface area contributed by atoms with Crippen molar-refractivity contribution in [3.63, 3.8) is 0 Å². The highest BCUT2D eigenvalue weighted by Gasteiger charge is 2.41. The fourth-order valence-corrected chi connectivity index (χ4v) is 2.84. The number of aryl methyl sites for hydroxylation is 2. The predicted molar refractivity (Wildman–Crippen MR) is 72.7 cm³/mol. The number of carbonyl (C=O) groups is 1. The van der Waals surface area contributed by atoms with Crippen molar-refractivity contribution in [2.75, 3.05) is 13.6 Å². The molecule has 0 bridgehead atoms. The lowest BCUT2D eigenvalue weighted by atomic mass is 9.92. The number of carbonyl (C=O) groups excluding carboxylic acids is 1. The van der Waals surface area contributed by atoms with Gasteiger partial charge in [-0.2, -0.15) is 0 Å². The molecular formula is C14H23N3O2. The van der Waals surface area contributed by atoms with Crippen LogP contribution in [-0.2, 0) is 11.3 Å². The molecule has 2 heterocycles. The van der Waals surface area contributed by atoms with Gasteiger partial charge in [0.15, 0.2) is 0 Å². The van der Waals surface area contributed by atoms with Crippen molar-refractivity contribution in [2.45, 2.75) is 52.1 Å². The van der Waals surface area contributed by atoms with Gasteiger partial charge in [-0.05, 0) is 39.7 Å². The number of rotatable bonds is 4. The van der Waals surface area contributed by atoms with Crippen LogP contribution in [0.5, 0.6) is 0 Å². The Balaban J connectivity index is 2.11. The molecule has 5 heteroatoms. The van der Waals surface area contributed by atoms with Gasteiger partial charge in [-0.15, -0.1) is 0 Å². The van der Waals surface area contributed by atoms with Gasteiger partial charge in [-0.3, -0.25) is 4.79 Å². The zero-order valence-electron chi connectivity index (χ0n) is 12.2. The third kappa shape index (κ3) is 2.52. The Morgan fingerprint density at radius 1 is 1.53 bits per heavy atom. The summed E-state index contributed by atoms with van der Waals surface area (Å²) in [6, 6.07) is 0. The van der Waals surface area contributed by atoms with E-state index in [4.69, 9.17) is 4.52 Å². The number of aromatic nitrogens is 1. The number of hydrogen-bond donors (Lipinski definition) is 1. The smallest absolute Gasteiger partial charge is 0.242 e. The maximum Gasteiger partial charge on any atom is 0.242 e. The lowest BCUT2D eigenvalue weighted by Gasteiger charge is -2.31. The van der Waals surface area contributed by atoms with Gasteiger partial charge in [-0.25, -0.2) is 0 Å². The van der Waals surface area contributed by atoms with Gasteiger partial charge in [0.05, 0.1) is 17.8 Å². The first-order valence-corrected chi connectivity index (χ1v) is 6.92. The molecular weight excluding hydrogens is 242 g/mol. The first kappa shape index (κ1) is 14.1. The standard InChI is InChI=1S/C14H23N3O2/c1-5-14(7-6-8-15-14)13(18)17(4)9-12-10(2)16-19-11(12)3/h15H,5-9H2,1-4H3. The fraction of sp³-hybridized carbons (Fsp3) is 0.714. The summed E-state index contributed by atoms with van der Waals surface area (Å²) in [5.74, 6) is 0.967. The second-order valence-electron chi connectivity index (χ2n) is 5.43. The summed E-state index contributed by atoms with van der Waals surface area (Å²) in [5, 5.41) is 7.31. The molecule has 1 unspecified atom stereocenters. The van der Waals surface area contributed by atoms with Crippen LogP contribution in [0.2, 0.25) is 0 Å². The van der Waals surface area contributed by atoms with E-state index in [-0.39, 0.29) is 11.4 Å². The normalized spacial score (nSPS) is 22.7. The molecule has 0 aliphatic carbocycles. The number of nitrogens with zero attached hydrogens (tertiary/aromatic N) is 2. The van der Waals surface area contributed by atoms with E-state index in [9.17, 15) is 4.79 Å². The number of hydrogen-bond acceptors (Lipinski definition) is 4. The van der Waals surface area contributed by atoms with Crippen LogP contribution >= 0.6 is 0 Å². The highest BCUT2D eigenvalue weighted by molar-refractivity contribution is 5.86. The summed E-state index contributed by atoms with van der Waals surface area (Å²) in [4.78, 5) is 14.4. The van der Waals surface area contributed by atoms with Crippen molar-refractivity contribution in [3.05, 3.63) is 17.0 Å². The van der Waals surface area contributed by atoms with Crippen LogP contribution < -0.4 is 5.32 Å². The third-order valence-electron chi connectivity index (χ3n) is 4.18. The van der Waals surface area contributed by atoms with Crippen LogP contribution in [0.15, 0.2) is 4.52 Å². The molecule has 1 N–H and O–H groups in total. The predicted octanol–water partition coefficient (Wildman–Crippen LogP) is 1.78. The molecule has 106 valence electrons. The largest absolute Gasteiger partial charge is 0.361 e. The van der Waals surface area contributed by atoms with Crippen molar-refractivity contribution in [1.29, 1.82) is 0 Å². The quantitative estimate of drug-likeness (QED) is 0.901. The van der Waals surface area contributed by atoms with Crippen molar-refractivity contribution < 1.29 is 9.32 Å². The van der Waals surface area contributed by atoms with Crippen molar-refractivity contribution in [1.82, 2.24) is 15.4 Å². The lowest BCUT2D eigenvalue weighted by Crippen LogP contribution is -2.53. The van der Waals surface area contributed by atoms with Gasteiger partial charge in [-0.1, -0.05) is 12.1 Å². The van der Waals surface area contributed by atoms with E-state index in [1.165, 1.54) is 0 Å². The topological polar surface area (TPSA) is 58.4 Å². The molecule has 0 spiro atoms. The highest BCUT2D eigenvalue weighted by Crippen LogP contribution is 2.26. The Morgan fingerprint density at radius 3 is 2.74 bits per heavy atom. The van der Waals surface area contributed by atoms with Gasteiger partial charge in [0.25, 0.3) is 0 Å². The molecule has 1 saturated heterocycles. The number of nitrogens with one attached hydrogen (secondary N) is 1. The summed E-state index contributed by atoms with van der Waals surface area (Å²) in [7, 11) is 1.85. The van der Waals surface area contributed by atoms with Crippen molar-refractivity contribution in [3.8, 4) is 0 Å². The van der Waals surface area contributed by atoms with E-state index in [0.29, 0.717) is 6.54 Å². The molecule has 1 aliphatic rings. The van der Waals surface area contributed by atoms with E-state index in [1.54, 1.807) is 4.90 Å². The van der Waals surface area contributed by atoms with E-state index < -0.39 is 0 Å². The monoisotopic (exact) mass is 265 g/mol. The summed E-state index contributed by atoms with van der Waals surface area (Å²) in [6.07, 6.45) is 2.82. The summed E-state index contributed by atoms with van der Waals surface area (Å²) < 4.78 is 5.15. The first-order valence-electron chi connectivity index (χ1n) is 6.92. The Labute approximate surface area is 114 Å². The van der Waals surface area contributed by atoms with E-state index >= 15 is 0 Å². The summed E-state index contributed by atoms with van der Waals surface area (Å²) >= 11 is 0. The first-order chi connectivity index (χ1) is 9.00. The van der Waals surface area contributed by atoms with Gasteiger partial charge in [0.1, 0.15) is 5.76 Å². The number of likely N-dealkylation sites (N-methyl/N-ethyl adjacent to an activating group) is 1. The molecule has 2 rings (SSSR count). The summed E-state index contributed by atoms with van der Waals surface area (Å²) in [6.45, 7) is 7.35. The molecule has 0 aromatic carbocycles. The maximum absolute atomic E-state index is 12.7. The van der Waals surface area contributed by atoms with Crippen LogP contribution in [0.1, 0.15) is 43.2 Å². The average molecular weight is 265 g/mol. The molecule has 19 heavy (non-hydrogen) atoms. The lowest BCUT2D eigenvalue weighted by molar-refractivity contribution is -0.137. The Kier molecular flexibility index (Phi) is 3.94. The molecule has 5 nitrogen and oxygen atoms in total. The molecule has 0 saturated carbocycles. The van der Waals surface area contributed by atoms with Crippen LogP contribution in [0.4, 0.5) is 0 Å². The zero-order chi connectivity index (χ0) is 14.0.